The molecular formula is C7H12N3O2S-. The Hall–Kier alpha value is -0.880. The van der Waals surface area contributed by atoms with Gasteiger partial charge in [0.05, 0.1) is 17.1 Å². The highest BCUT2D eigenvalue weighted by atomic mass is 32.2. The lowest BCUT2D eigenvalue weighted by atomic mass is 10.3. The van der Waals surface area contributed by atoms with Crippen LogP contribution < -0.4 is 4.31 Å². The van der Waals surface area contributed by atoms with Crippen LogP contribution in [0.3, 0.4) is 0 Å². The number of anilines is 1. The second-order valence-electron chi connectivity index (χ2n) is 2.86. The second-order valence-corrected chi connectivity index (χ2v) is 3.84. The van der Waals surface area contributed by atoms with Gasteiger partial charge in [-0.3, -0.25) is 8.89 Å². The maximum Gasteiger partial charge on any atom is 0.0918 e. The molecular weight excluding hydrogens is 190 g/mol. The monoisotopic (exact) mass is 202 g/mol. The molecule has 0 spiro atoms. The number of nitrogens with zero attached hydrogens (tertiary/aromatic N) is 3. The lowest BCUT2D eigenvalue weighted by molar-refractivity contribution is 0.535. The van der Waals surface area contributed by atoms with E-state index in [0.717, 1.165) is 5.69 Å². The predicted molar refractivity (Wildman–Crippen MR) is 50.0 cm³/mol. The zero-order chi connectivity index (χ0) is 10.2. The van der Waals surface area contributed by atoms with E-state index >= 15 is 0 Å². The Labute approximate surface area is 79.8 Å². The van der Waals surface area contributed by atoms with Crippen LogP contribution >= 0.6 is 0 Å². The Morgan fingerprint density at radius 2 is 2.08 bits per heavy atom. The van der Waals surface area contributed by atoms with Crippen molar-refractivity contribution in [3.63, 3.8) is 0 Å². The van der Waals surface area contributed by atoms with Gasteiger partial charge in [0.1, 0.15) is 0 Å². The molecule has 1 aromatic heterocycles. The largest absolute Gasteiger partial charge is 0.755 e. The SMILES string of the molecule is Cc1nn(C)c(C)c1N(C)S(=O)[O-]. The molecule has 0 fully saturated rings. The quantitative estimate of drug-likeness (QED) is 0.647. The topological polar surface area (TPSA) is 61.2 Å². The van der Waals surface area contributed by atoms with Gasteiger partial charge in [-0.2, -0.15) is 5.10 Å². The van der Waals surface area contributed by atoms with E-state index in [-0.39, 0.29) is 0 Å². The van der Waals surface area contributed by atoms with Crippen LogP contribution in [0.4, 0.5) is 5.69 Å². The normalized spacial score (nSPS) is 13.0. The lowest BCUT2D eigenvalue weighted by Crippen LogP contribution is -2.20. The molecule has 13 heavy (non-hydrogen) atoms. The van der Waals surface area contributed by atoms with Gasteiger partial charge >= 0.3 is 0 Å². The molecule has 0 N–H and O–H groups in total. The van der Waals surface area contributed by atoms with E-state index in [9.17, 15) is 8.76 Å². The van der Waals surface area contributed by atoms with Gasteiger partial charge in [-0.1, -0.05) is 0 Å². The minimum atomic E-state index is -2.24. The number of rotatable bonds is 2. The van der Waals surface area contributed by atoms with Crippen LogP contribution in [0.5, 0.6) is 0 Å². The van der Waals surface area contributed by atoms with Crippen molar-refractivity contribution in [2.45, 2.75) is 13.8 Å². The fraction of sp³-hybridized carbons (Fsp3) is 0.571. The number of hydrogen-bond acceptors (Lipinski definition) is 3. The van der Waals surface area contributed by atoms with Crippen molar-refractivity contribution in [2.24, 2.45) is 7.05 Å². The highest BCUT2D eigenvalue weighted by molar-refractivity contribution is 7.80. The summed E-state index contributed by atoms with van der Waals surface area (Å²) in [4.78, 5) is 0. The zero-order valence-corrected chi connectivity index (χ0v) is 8.88. The van der Waals surface area contributed by atoms with Crippen molar-refractivity contribution < 1.29 is 8.76 Å². The van der Waals surface area contributed by atoms with Crippen molar-refractivity contribution in [3.8, 4) is 0 Å². The molecule has 1 heterocycles. The minimum absolute atomic E-state index is 0.649. The van der Waals surface area contributed by atoms with Crippen LogP contribution in [0.25, 0.3) is 0 Å². The van der Waals surface area contributed by atoms with Crippen LogP contribution in [0, 0.1) is 13.8 Å². The minimum Gasteiger partial charge on any atom is -0.755 e. The molecule has 0 aliphatic carbocycles. The Morgan fingerprint density at radius 1 is 1.54 bits per heavy atom. The molecule has 1 atom stereocenters. The molecule has 0 aromatic carbocycles. The molecule has 6 heteroatoms. The first-order chi connectivity index (χ1) is 5.95. The molecule has 74 valence electrons. The van der Waals surface area contributed by atoms with Crippen LogP contribution in [0.1, 0.15) is 11.4 Å². The van der Waals surface area contributed by atoms with Crippen LogP contribution in [-0.2, 0) is 18.3 Å². The molecule has 0 aliphatic heterocycles. The second kappa shape index (κ2) is 3.47. The third-order valence-electron chi connectivity index (χ3n) is 2.01. The van der Waals surface area contributed by atoms with Crippen LogP contribution in [0.2, 0.25) is 0 Å². The average molecular weight is 202 g/mol. The first-order valence-electron chi connectivity index (χ1n) is 3.78. The van der Waals surface area contributed by atoms with E-state index < -0.39 is 11.3 Å². The summed E-state index contributed by atoms with van der Waals surface area (Å²) in [5.41, 5.74) is 2.20. The summed E-state index contributed by atoms with van der Waals surface area (Å²) in [6.07, 6.45) is 0. The lowest BCUT2D eigenvalue weighted by Gasteiger charge is -2.21. The van der Waals surface area contributed by atoms with E-state index in [1.54, 1.807) is 18.7 Å². The first-order valence-corrected chi connectivity index (χ1v) is 4.81. The fourth-order valence-electron chi connectivity index (χ4n) is 1.29. The first kappa shape index (κ1) is 10.2. The van der Waals surface area contributed by atoms with E-state index in [4.69, 9.17) is 0 Å². The van der Waals surface area contributed by atoms with Crippen molar-refractivity contribution in [2.75, 3.05) is 11.4 Å². The van der Waals surface area contributed by atoms with Crippen molar-refractivity contribution >= 4 is 17.0 Å². The standard InChI is InChI=1S/C7H13N3O2S/c1-5-7(10(4)13(11)12)6(2)9(3)8-5/h1-4H3,(H,11,12)/p-1. The summed E-state index contributed by atoms with van der Waals surface area (Å²) < 4.78 is 24.2. The van der Waals surface area contributed by atoms with E-state index in [1.165, 1.54) is 11.4 Å². The zero-order valence-electron chi connectivity index (χ0n) is 8.07. The van der Waals surface area contributed by atoms with Crippen molar-refractivity contribution in [3.05, 3.63) is 11.4 Å². The molecule has 5 nitrogen and oxygen atoms in total. The maximum atomic E-state index is 10.7. The third-order valence-corrected chi connectivity index (χ3v) is 2.64. The summed E-state index contributed by atoms with van der Waals surface area (Å²) in [5.74, 6) is 0. The van der Waals surface area contributed by atoms with Gasteiger partial charge in [-0.25, -0.2) is 0 Å². The average Bonchev–Trinajstić information content (AvgIpc) is 2.26. The van der Waals surface area contributed by atoms with Crippen LogP contribution in [0.15, 0.2) is 0 Å². The van der Waals surface area contributed by atoms with E-state index in [2.05, 4.69) is 5.10 Å². The van der Waals surface area contributed by atoms with E-state index in [1.807, 2.05) is 6.92 Å². The smallest absolute Gasteiger partial charge is 0.0918 e. The van der Waals surface area contributed by atoms with Gasteiger partial charge in [0, 0.05) is 25.4 Å². The molecule has 1 aromatic rings. The molecule has 0 saturated heterocycles. The molecule has 0 saturated carbocycles. The van der Waals surface area contributed by atoms with Crippen molar-refractivity contribution in [1.29, 1.82) is 0 Å². The summed E-state index contributed by atoms with van der Waals surface area (Å²) in [6, 6.07) is 0. The number of aryl methyl sites for hydroxylation is 2. The predicted octanol–water partition coefficient (Wildman–Crippen LogP) is 0.267. The van der Waals surface area contributed by atoms with Crippen LogP contribution in [-0.4, -0.2) is 25.6 Å². The summed E-state index contributed by atoms with van der Waals surface area (Å²) in [7, 11) is 3.29. The van der Waals surface area contributed by atoms with Gasteiger partial charge in [-0.15, -0.1) is 0 Å². The Balaban J connectivity index is 3.20. The van der Waals surface area contributed by atoms with Gasteiger partial charge in [0.15, 0.2) is 0 Å². The maximum absolute atomic E-state index is 10.7. The van der Waals surface area contributed by atoms with Gasteiger partial charge in [0.2, 0.25) is 0 Å². The highest BCUT2D eigenvalue weighted by Gasteiger charge is 2.13. The summed E-state index contributed by atoms with van der Waals surface area (Å²) in [5, 5.41) is 4.12. The molecule has 1 rings (SSSR count). The third kappa shape index (κ3) is 1.73. The molecule has 0 radical (unpaired) electrons. The molecule has 1 unspecified atom stereocenters. The Bertz CT molecular complexity index is 348. The summed E-state index contributed by atoms with van der Waals surface area (Å²) in [6.45, 7) is 3.62. The van der Waals surface area contributed by atoms with E-state index in [0.29, 0.717) is 11.4 Å². The highest BCUT2D eigenvalue weighted by Crippen LogP contribution is 2.22. The van der Waals surface area contributed by atoms with Crippen molar-refractivity contribution in [1.82, 2.24) is 9.78 Å². The fourth-order valence-corrected chi connectivity index (χ4v) is 1.71. The van der Waals surface area contributed by atoms with Gasteiger partial charge < -0.3 is 8.86 Å². The molecule has 0 amide bonds. The molecule has 0 aliphatic rings. The summed E-state index contributed by atoms with van der Waals surface area (Å²) >= 11 is -2.24. The van der Waals surface area contributed by atoms with Gasteiger partial charge in [-0.05, 0) is 13.8 Å². The van der Waals surface area contributed by atoms with Gasteiger partial charge in [0.25, 0.3) is 0 Å². The number of aromatic nitrogens is 2. The molecule has 0 bridgehead atoms. The Morgan fingerprint density at radius 3 is 2.38 bits per heavy atom. The Kier molecular flexibility index (Phi) is 2.72. The number of hydrogen-bond donors (Lipinski definition) is 0.